The smallest absolute Gasteiger partial charge is 0.331 e. The van der Waals surface area contributed by atoms with Gasteiger partial charge in [-0.2, -0.15) is 0 Å². The van der Waals surface area contributed by atoms with Crippen molar-refractivity contribution in [3.8, 4) is 5.75 Å². The molecule has 0 bridgehead atoms. The number of hydrogen-bond acceptors (Lipinski definition) is 9. The van der Waals surface area contributed by atoms with E-state index in [0.29, 0.717) is 16.5 Å². The molecule has 0 aliphatic carbocycles. The number of amides is 2. The molecular weight excluding hydrogens is 430 g/mol. The number of ether oxygens (including phenoxy) is 1. The number of carbonyl (C=O) groups excluding carboxylic acids is 3. The predicted octanol–water partition coefficient (Wildman–Crippen LogP) is 2.95. The molecule has 0 unspecified atom stereocenters. The van der Waals surface area contributed by atoms with Crippen LogP contribution in [-0.2, 0) is 4.79 Å². The zero-order valence-electron chi connectivity index (χ0n) is 17.6. The lowest BCUT2D eigenvalue weighted by atomic mass is 10.1. The van der Waals surface area contributed by atoms with Crippen molar-refractivity contribution in [1.82, 2.24) is 14.9 Å². The second-order valence-electron chi connectivity index (χ2n) is 7.28. The van der Waals surface area contributed by atoms with Crippen LogP contribution in [0.15, 0.2) is 48.5 Å². The summed E-state index contributed by atoms with van der Waals surface area (Å²) >= 11 is 0. The van der Waals surface area contributed by atoms with Crippen LogP contribution in [0.2, 0.25) is 0 Å². The SMILES string of the molecule is Cc1cc(C)nc(Nc2ccc(OC(=O)CN3C(=O)c4ccc([N+](=O)[O-])cc4C3=O)cc2)n1. The summed E-state index contributed by atoms with van der Waals surface area (Å²) in [5.41, 5.74) is 1.87. The van der Waals surface area contributed by atoms with E-state index in [2.05, 4.69) is 15.3 Å². The third kappa shape index (κ3) is 4.51. The average molecular weight is 447 g/mol. The monoisotopic (exact) mass is 447 g/mol. The Morgan fingerprint density at radius 3 is 2.27 bits per heavy atom. The standard InChI is InChI=1S/C22H17N5O6/c1-12-9-13(2)24-22(23-12)25-14-3-6-16(7-4-14)33-19(28)11-26-20(29)17-8-5-15(27(31)32)10-18(17)21(26)30/h3-10H,11H2,1-2H3,(H,23,24,25). The molecule has 4 rings (SSSR count). The molecule has 2 amide bonds. The van der Waals surface area contributed by atoms with Crippen LogP contribution in [0.5, 0.6) is 5.75 Å². The molecule has 11 heteroatoms. The van der Waals surface area contributed by atoms with Gasteiger partial charge in [0.25, 0.3) is 17.5 Å². The van der Waals surface area contributed by atoms with Crippen LogP contribution in [-0.4, -0.2) is 44.1 Å². The minimum absolute atomic E-state index is 0.00225. The first kappa shape index (κ1) is 21.6. The van der Waals surface area contributed by atoms with Gasteiger partial charge in [0.2, 0.25) is 5.95 Å². The summed E-state index contributed by atoms with van der Waals surface area (Å²) < 4.78 is 5.22. The topological polar surface area (TPSA) is 145 Å². The largest absolute Gasteiger partial charge is 0.425 e. The Labute approximate surface area is 187 Å². The van der Waals surface area contributed by atoms with Crippen LogP contribution in [0.4, 0.5) is 17.3 Å². The van der Waals surface area contributed by atoms with Crippen molar-refractivity contribution in [3.05, 3.63) is 81.2 Å². The highest BCUT2D eigenvalue weighted by Crippen LogP contribution is 2.27. The summed E-state index contributed by atoms with van der Waals surface area (Å²) in [4.78, 5) is 56.8. The van der Waals surface area contributed by atoms with E-state index in [1.54, 1.807) is 12.1 Å². The molecule has 166 valence electrons. The fourth-order valence-electron chi connectivity index (χ4n) is 3.35. The van der Waals surface area contributed by atoms with Gasteiger partial charge in [0.1, 0.15) is 12.3 Å². The van der Waals surface area contributed by atoms with Crippen molar-refractivity contribution in [1.29, 1.82) is 0 Å². The highest BCUT2D eigenvalue weighted by molar-refractivity contribution is 6.22. The molecule has 1 N–H and O–H groups in total. The van der Waals surface area contributed by atoms with Gasteiger partial charge in [0, 0.05) is 29.2 Å². The van der Waals surface area contributed by atoms with E-state index in [9.17, 15) is 24.5 Å². The van der Waals surface area contributed by atoms with Crippen molar-refractivity contribution in [2.45, 2.75) is 13.8 Å². The number of aryl methyl sites for hydroxylation is 2. The molecule has 0 fully saturated rings. The molecule has 3 aromatic rings. The number of aromatic nitrogens is 2. The van der Waals surface area contributed by atoms with E-state index in [1.807, 2.05) is 19.9 Å². The third-order valence-corrected chi connectivity index (χ3v) is 4.78. The molecule has 33 heavy (non-hydrogen) atoms. The van der Waals surface area contributed by atoms with Gasteiger partial charge < -0.3 is 10.1 Å². The van der Waals surface area contributed by atoms with E-state index in [4.69, 9.17) is 4.74 Å². The number of nitro benzene ring substituents is 1. The molecule has 1 aliphatic rings. The molecule has 0 saturated carbocycles. The Bertz CT molecular complexity index is 1280. The van der Waals surface area contributed by atoms with Crippen LogP contribution < -0.4 is 10.1 Å². The first-order valence-electron chi connectivity index (χ1n) is 9.76. The third-order valence-electron chi connectivity index (χ3n) is 4.78. The lowest BCUT2D eigenvalue weighted by molar-refractivity contribution is -0.384. The van der Waals surface area contributed by atoms with E-state index in [0.717, 1.165) is 23.5 Å². The van der Waals surface area contributed by atoms with Crippen LogP contribution in [0.3, 0.4) is 0 Å². The first-order valence-corrected chi connectivity index (χ1v) is 9.76. The summed E-state index contributed by atoms with van der Waals surface area (Å²) in [6.45, 7) is 3.09. The average Bonchev–Trinajstić information content (AvgIpc) is 2.99. The van der Waals surface area contributed by atoms with Crippen molar-refractivity contribution in [2.75, 3.05) is 11.9 Å². The highest BCUT2D eigenvalue weighted by atomic mass is 16.6. The minimum Gasteiger partial charge on any atom is -0.425 e. The fraction of sp³-hybridized carbons (Fsp3) is 0.136. The predicted molar refractivity (Wildman–Crippen MR) is 115 cm³/mol. The van der Waals surface area contributed by atoms with Crippen LogP contribution in [0, 0.1) is 24.0 Å². The van der Waals surface area contributed by atoms with E-state index in [-0.39, 0.29) is 22.6 Å². The minimum atomic E-state index is -0.836. The zero-order valence-corrected chi connectivity index (χ0v) is 17.6. The highest BCUT2D eigenvalue weighted by Gasteiger charge is 2.38. The van der Waals surface area contributed by atoms with Crippen LogP contribution >= 0.6 is 0 Å². The van der Waals surface area contributed by atoms with Gasteiger partial charge in [-0.3, -0.25) is 24.6 Å². The number of anilines is 2. The lowest BCUT2D eigenvalue weighted by Crippen LogP contribution is -2.36. The van der Waals surface area contributed by atoms with Gasteiger partial charge in [-0.25, -0.2) is 14.8 Å². The maximum atomic E-state index is 12.5. The summed E-state index contributed by atoms with van der Waals surface area (Å²) in [6.07, 6.45) is 0. The Morgan fingerprint density at radius 2 is 1.64 bits per heavy atom. The number of carbonyl (C=O) groups is 3. The number of nitrogens with zero attached hydrogens (tertiary/aromatic N) is 4. The number of rotatable bonds is 6. The molecule has 0 saturated heterocycles. The summed E-state index contributed by atoms with van der Waals surface area (Å²) in [7, 11) is 0. The summed E-state index contributed by atoms with van der Waals surface area (Å²) in [6, 6.07) is 11.6. The number of benzene rings is 2. The van der Waals surface area contributed by atoms with Crippen molar-refractivity contribution >= 4 is 35.1 Å². The number of hydrogen-bond donors (Lipinski definition) is 1. The zero-order chi connectivity index (χ0) is 23.7. The van der Waals surface area contributed by atoms with Crippen LogP contribution in [0.1, 0.15) is 32.1 Å². The second kappa shape index (κ2) is 8.46. The maximum absolute atomic E-state index is 12.5. The number of esters is 1. The van der Waals surface area contributed by atoms with Gasteiger partial charge in [-0.05, 0) is 50.2 Å². The maximum Gasteiger partial charge on any atom is 0.331 e. The first-order chi connectivity index (χ1) is 15.7. The Hall–Kier alpha value is -4.67. The lowest BCUT2D eigenvalue weighted by Gasteiger charge is -2.13. The van der Waals surface area contributed by atoms with Gasteiger partial charge >= 0.3 is 5.97 Å². The van der Waals surface area contributed by atoms with Gasteiger partial charge in [-0.15, -0.1) is 0 Å². The molecule has 2 aromatic carbocycles. The number of nitro groups is 1. The summed E-state index contributed by atoms with van der Waals surface area (Å²) in [5.74, 6) is -1.70. The van der Waals surface area contributed by atoms with Crippen molar-refractivity contribution in [3.63, 3.8) is 0 Å². The molecule has 1 aliphatic heterocycles. The van der Waals surface area contributed by atoms with Gasteiger partial charge in [-0.1, -0.05) is 0 Å². The van der Waals surface area contributed by atoms with Gasteiger partial charge in [0.15, 0.2) is 0 Å². The molecule has 11 nitrogen and oxygen atoms in total. The van der Waals surface area contributed by atoms with Gasteiger partial charge in [0.05, 0.1) is 16.1 Å². The van der Waals surface area contributed by atoms with E-state index >= 15 is 0 Å². The van der Waals surface area contributed by atoms with Crippen molar-refractivity contribution < 1.29 is 24.0 Å². The number of imide groups is 1. The van der Waals surface area contributed by atoms with E-state index < -0.39 is 29.3 Å². The number of non-ortho nitro benzene ring substituents is 1. The molecule has 0 radical (unpaired) electrons. The molecule has 2 heterocycles. The number of fused-ring (bicyclic) bond motifs is 1. The quantitative estimate of drug-likeness (QED) is 0.198. The normalized spacial score (nSPS) is 12.5. The molecule has 0 atom stereocenters. The Morgan fingerprint density at radius 1 is 1.00 bits per heavy atom. The Kier molecular flexibility index (Phi) is 5.53. The Balaban J connectivity index is 1.40. The molecule has 1 aromatic heterocycles. The van der Waals surface area contributed by atoms with E-state index in [1.165, 1.54) is 18.2 Å². The van der Waals surface area contributed by atoms with Crippen LogP contribution in [0.25, 0.3) is 0 Å². The fourth-order valence-corrected chi connectivity index (χ4v) is 3.35. The summed E-state index contributed by atoms with van der Waals surface area (Å²) in [5, 5.41) is 14.0. The van der Waals surface area contributed by atoms with Crippen molar-refractivity contribution in [2.24, 2.45) is 0 Å². The molecule has 0 spiro atoms. The molecular formula is C22H17N5O6. The second-order valence-corrected chi connectivity index (χ2v) is 7.28. The number of nitrogens with one attached hydrogen (secondary N) is 1.